The molecule has 0 aliphatic carbocycles. The summed E-state index contributed by atoms with van der Waals surface area (Å²) in [5.41, 5.74) is 0.653. The Balaban J connectivity index is 1.12. The first-order valence-corrected chi connectivity index (χ1v) is 15.7. The normalized spacial score (nSPS) is 13.9. The van der Waals surface area contributed by atoms with Crippen molar-refractivity contribution in [3.05, 3.63) is 65.4 Å². The molecule has 0 unspecified atom stereocenters. The molecule has 246 valence electrons. The number of methoxy groups -OCH3 is 1. The van der Waals surface area contributed by atoms with Crippen molar-refractivity contribution in [2.75, 3.05) is 62.5 Å². The van der Waals surface area contributed by atoms with Gasteiger partial charge in [-0.05, 0) is 48.9 Å². The highest BCUT2D eigenvalue weighted by atomic mass is 35.5. The lowest BCUT2D eigenvalue weighted by Gasteiger charge is -2.26. The van der Waals surface area contributed by atoms with E-state index in [0.717, 1.165) is 56.1 Å². The number of fused-ring (bicyclic) bond motifs is 2. The fourth-order valence-electron chi connectivity index (χ4n) is 5.00. The summed E-state index contributed by atoms with van der Waals surface area (Å²) in [6.45, 7) is 4.83. The lowest BCUT2D eigenvalue weighted by Crippen LogP contribution is -2.37. The topological polar surface area (TPSA) is 123 Å². The van der Waals surface area contributed by atoms with Crippen molar-refractivity contribution in [1.82, 2.24) is 19.9 Å². The van der Waals surface area contributed by atoms with E-state index in [1.54, 1.807) is 25.3 Å². The number of urea groups is 1. The van der Waals surface area contributed by atoms with E-state index in [4.69, 9.17) is 25.8 Å². The lowest BCUT2D eigenvalue weighted by atomic mass is 10.2. The Morgan fingerprint density at radius 2 is 1.79 bits per heavy atom. The van der Waals surface area contributed by atoms with Gasteiger partial charge >= 0.3 is 12.2 Å². The molecule has 0 atom stereocenters. The monoisotopic (exact) mass is 687 g/mol. The van der Waals surface area contributed by atoms with Crippen molar-refractivity contribution in [2.24, 2.45) is 0 Å². The van der Waals surface area contributed by atoms with Gasteiger partial charge in [-0.25, -0.2) is 19.7 Å². The Bertz CT molecular complexity index is 1900. The second-order valence-electron chi connectivity index (χ2n) is 10.5. The molecule has 3 N–H and O–H groups in total. The number of thiazole rings is 1. The molecular formula is C31H29ClF3N7O4S. The molecule has 16 heteroatoms. The predicted octanol–water partition coefficient (Wildman–Crippen LogP) is 7.41. The maximum Gasteiger partial charge on any atom is 0.417 e. The van der Waals surface area contributed by atoms with Gasteiger partial charge in [0, 0.05) is 42.5 Å². The third-order valence-corrected chi connectivity index (χ3v) is 8.57. The molecule has 0 bridgehead atoms. The Hall–Kier alpha value is -4.44. The molecule has 2 amide bonds. The number of aromatic nitrogens is 3. The molecule has 5 aromatic rings. The highest BCUT2D eigenvalue weighted by Crippen LogP contribution is 2.38. The van der Waals surface area contributed by atoms with Crippen LogP contribution in [0.15, 0.2) is 54.9 Å². The molecule has 1 fully saturated rings. The second-order valence-corrected chi connectivity index (χ2v) is 11.9. The number of carbonyl (C=O) groups excluding carboxylic acids is 1. The second kappa shape index (κ2) is 14.1. The molecule has 2 aromatic heterocycles. The van der Waals surface area contributed by atoms with E-state index in [9.17, 15) is 18.0 Å². The number of carbonyl (C=O) groups is 1. The van der Waals surface area contributed by atoms with E-state index in [0.29, 0.717) is 51.2 Å². The fourth-order valence-corrected chi connectivity index (χ4v) is 6.13. The first-order chi connectivity index (χ1) is 22.7. The Morgan fingerprint density at radius 3 is 2.55 bits per heavy atom. The van der Waals surface area contributed by atoms with Gasteiger partial charge < -0.3 is 30.2 Å². The van der Waals surface area contributed by atoms with Gasteiger partial charge in [-0.1, -0.05) is 22.9 Å². The van der Waals surface area contributed by atoms with Crippen LogP contribution in [0.2, 0.25) is 5.02 Å². The predicted molar refractivity (Wildman–Crippen MR) is 175 cm³/mol. The van der Waals surface area contributed by atoms with Crippen LogP contribution in [-0.4, -0.2) is 72.4 Å². The van der Waals surface area contributed by atoms with Crippen molar-refractivity contribution >= 4 is 72.4 Å². The van der Waals surface area contributed by atoms with E-state index in [1.807, 2.05) is 12.1 Å². The summed E-state index contributed by atoms with van der Waals surface area (Å²) in [5.74, 6) is 1.66. The Morgan fingerprint density at radius 1 is 1.02 bits per heavy atom. The van der Waals surface area contributed by atoms with Crippen molar-refractivity contribution in [3.8, 4) is 11.5 Å². The quantitative estimate of drug-likeness (QED) is 0.129. The molecule has 3 heterocycles. The number of amides is 2. The van der Waals surface area contributed by atoms with Gasteiger partial charge in [0.2, 0.25) is 0 Å². The minimum Gasteiger partial charge on any atom is -0.493 e. The average Bonchev–Trinajstić information content (AvgIpc) is 3.45. The SMILES string of the molecule is COc1cc2c(Nc3nc4ccc(NC(=O)Nc5ccc(Cl)c(C(F)(F)F)c5)cc4s3)ncnc2cc1OCCCN1CCOCC1. The van der Waals surface area contributed by atoms with Gasteiger partial charge in [0.05, 0.1) is 53.2 Å². The van der Waals surface area contributed by atoms with Crippen LogP contribution in [0.5, 0.6) is 11.5 Å². The van der Waals surface area contributed by atoms with E-state index in [-0.39, 0.29) is 5.69 Å². The fraction of sp³-hybridized carbons (Fsp3) is 0.290. The number of halogens is 4. The third-order valence-electron chi connectivity index (χ3n) is 7.30. The van der Waals surface area contributed by atoms with Gasteiger partial charge in [0.25, 0.3) is 0 Å². The number of anilines is 4. The number of morpholine rings is 1. The molecule has 3 aromatic carbocycles. The summed E-state index contributed by atoms with van der Waals surface area (Å²) in [4.78, 5) is 28.4. The maximum absolute atomic E-state index is 13.2. The third kappa shape index (κ3) is 7.93. The van der Waals surface area contributed by atoms with Crippen LogP contribution in [0.4, 0.5) is 40.3 Å². The van der Waals surface area contributed by atoms with Gasteiger partial charge in [-0.2, -0.15) is 13.2 Å². The first-order valence-electron chi connectivity index (χ1n) is 14.5. The largest absolute Gasteiger partial charge is 0.493 e. The summed E-state index contributed by atoms with van der Waals surface area (Å²) >= 11 is 7.00. The first kappa shape index (κ1) is 32.5. The summed E-state index contributed by atoms with van der Waals surface area (Å²) < 4.78 is 57.4. The zero-order chi connectivity index (χ0) is 33.0. The van der Waals surface area contributed by atoms with Crippen LogP contribution in [0.25, 0.3) is 21.1 Å². The molecule has 0 radical (unpaired) electrons. The van der Waals surface area contributed by atoms with Gasteiger partial charge in [-0.15, -0.1) is 0 Å². The molecule has 1 saturated heterocycles. The number of benzene rings is 3. The van der Waals surface area contributed by atoms with E-state index in [1.165, 1.54) is 23.7 Å². The lowest BCUT2D eigenvalue weighted by molar-refractivity contribution is -0.137. The molecule has 11 nitrogen and oxygen atoms in total. The molecule has 0 spiro atoms. The highest BCUT2D eigenvalue weighted by molar-refractivity contribution is 7.22. The molecule has 0 saturated carbocycles. The summed E-state index contributed by atoms with van der Waals surface area (Å²) in [6.07, 6.45) is -2.34. The van der Waals surface area contributed by atoms with Gasteiger partial charge in [0.15, 0.2) is 16.6 Å². The highest BCUT2D eigenvalue weighted by Gasteiger charge is 2.33. The number of nitrogens with zero attached hydrogens (tertiary/aromatic N) is 4. The van der Waals surface area contributed by atoms with E-state index in [2.05, 4.69) is 35.8 Å². The summed E-state index contributed by atoms with van der Waals surface area (Å²) in [7, 11) is 1.58. The van der Waals surface area contributed by atoms with Crippen LogP contribution in [0, 0.1) is 0 Å². The van der Waals surface area contributed by atoms with E-state index < -0.39 is 22.8 Å². The number of nitrogens with one attached hydrogen (secondary N) is 3. The van der Waals surface area contributed by atoms with E-state index >= 15 is 0 Å². The minimum atomic E-state index is -4.65. The van der Waals surface area contributed by atoms with Crippen LogP contribution in [0.1, 0.15) is 12.0 Å². The van der Waals surface area contributed by atoms with Crippen LogP contribution in [-0.2, 0) is 10.9 Å². The molecule has 47 heavy (non-hydrogen) atoms. The van der Waals surface area contributed by atoms with Crippen LogP contribution >= 0.6 is 22.9 Å². The average molecular weight is 688 g/mol. The molecular weight excluding hydrogens is 659 g/mol. The smallest absolute Gasteiger partial charge is 0.417 e. The number of hydrogen-bond acceptors (Lipinski definition) is 10. The van der Waals surface area contributed by atoms with Crippen molar-refractivity contribution in [2.45, 2.75) is 12.6 Å². The zero-order valence-corrected chi connectivity index (χ0v) is 26.6. The number of ether oxygens (including phenoxy) is 3. The van der Waals surface area contributed by atoms with Gasteiger partial charge in [0.1, 0.15) is 12.1 Å². The summed E-state index contributed by atoms with van der Waals surface area (Å²) in [5, 5.41) is 9.08. The number of rotatable bonds is 10. The molecule has 1 aliphatic rings. The standard InChI is InChI=1S/C31H29ClF3N7O4S/c1-44-25-15-20-24(16-26(25)46-10-2-7-42-8-11-45-12-9-42)36-17-37-28(20)41-30-40-23-6-4-19(14-27(23)47-30)39-29(43)38-18-3-5-22(32)21(13-18)31(33,34)35/h3-6,13-17H,2,7-12H2,1H3,(H2,38,39,43)(H,36,37,40,41). The molecule has 1 aliphatic heterocycles. The van der Waals surface area contributed by atoms with Crippen molar-refractivity contribution in [1.29, 1.82) is 0 Å². The Labute approximate surface area is 276 Å². The van der Waals surface area contributed by atoms with Gasteiger partial charge in [-0.3, -0.25) is 4.90 Å². The number of hydrogen-bond donors (Lipinski definition) is 3. The van der Waals surface area contributed by atoms with Crippen LogP contribution < -0.4 is 25.4 Å². The number of alkyl halides is 3. The van der Waals surface area contributed by atoms with Crippen molar-refractivity contribution < 1.29 is 32.2 Å². The zero-order valence-electron chi connectivity index (χ0n) is 25.0. The summed E-state index contributed by atoms with van der Waals surface area (Å²) in [6, 6.07) is 11.1. The minimum absolute atomic E-state index is 0.0549. The molecule has 6 rings (SSSR count). The van der Waals surface area contributed by atoms with Crippen molar-refractivity contribution in [3.63, 3.8) is 0 Å². The van der Waals surface area contributed by atoms with Crippen LogP contribution in [0.3, 0.4) is 0 Å². The Kier molecular flexibility index (Phi) is 9.77. The maximum atomic E-state index is 13.2.